The fourth-order valence-corrected chi connectivity index (χ4v) is 3.75. The van der Waals surface area contributed by atoms with Crippen LogP contribution in [0.3, 0.4) is 0 Å². The summed E-state index contributed by atoms with van der Waals surface area (Å²) in [6.45, 7) is 9.26. The zero-order valence-corrected chi connectivity index (χ0v) is 14.2. The minimum absolute atomic E-state index is 0.401. The maximum absolute atomic E-state index is 10.6. The van der Waals surface area contributed by atoms with Crippen LogP contribution in [0.2, 0.25) is 0 Å². The molecule has 1 aliphatic rings. The van der Waals surface area contributed by atoms with E-state index in [0.29, 0.717) is 12.6 Å². The van der Waals surface area contributed by atoms with Crippen molar-refractivity contribution in [3.05, 3.63) is 34.4 Å². The summed E-state index contributed by atoms with van der Waals surface area (Å²) < 4.78 is 0. The Morgan fingerprint density at radius 2 is 1.90 bits per heavy atom. The van der Waals surface area contributed by atoms with Gasteiger partial charge in [-0.1, -0.05) is 17.7 Å². The van der Waals surface area contributed by atoms with Crippen LogP contribution in [0, 0.1) is 20.8 Å². The summed E-state index contributed by atoms with van der Waals surface area (Å²) in [6, 6.07) is 4.97. The number of aryl methyl sites for hydroxylation is 3. The highest BCUT2D eigenvalue weighted by atomic mass is 16.3. The van der Waals surface area contributed by atoms with Gasteiger partial charge >= 0.3 is 0 Å². The Bertz CT molecular complexity index is 463. The Labute approximate surface area is 129 Å². The highest BCUT2D eigenvalue weighted by molar-refractivity contribution is 5.39. The number of aliphatic hydroxyl groups excluding tert-OH is 1. The van der Waals surface area contributed by atoms with Crippen LogP contribution < -0.4 is 0 Å². The molecule has 1 aromatic rings. The predicted octanol–water partition coefficient (Wildman–Crippen LogP) is 2.67. The van der Waals surface area contributed by atoms with E-state index in [0.717, 1.165) is 12.1 Å². The number of benzene rings is 1. The van der Waals surface area contributed by atoms with E-state index in [4.69, 9.17) is 0 Å². The van der Waals surface area contributed by atoms with E-state index >= 15 is 0 Å². The topological polar surface area (TPSA) is 26.7 Å². The second kappa shape index (κ2) is 6.91. The van der Waals surface area contributed by atoms with Crippen LogP contribution in [0.4, 0.5) is 0 Å². The Balaban J connectivity index is 1.99. The van der Waals surface area contributed by atoms with Crippen molar-refractivity contribution in [2.75, 3.05) is 33.7 Å². The summed E-state index contributed by atoms with van der Waals surface area (Å²) in [4.78, 5) is 4.71. The first kappa shape index (κ1) is 16.5. The number of aliphatic hydroxyl groups is 1. The summed E-state index contributed by atoms with van der Waals surface area (Å²) in [7, 11) is 4.32. The standard InChI is InChI=1S/C18H30N2O/c1-13-9-14(2)18(15(3)10-13)17(21)12-19(4)11-16-7-6-8-20(16)5/h9-10,16-17,21H,6-8,11-12H2,1-5H3. The lowest BCUT2D eigenvalue weighted by Crippen LogP contribution is -2.38. The van der Waals surface area contributed by atoms with Crippen molar-refractivity contribution in [1.29, 1.82) is 0 Å². The molecular weight excluding hydrogens is 260 g/mol. The zero-order chi connectivity index (χ0) is 15.6. The third-order valence-corrected chi connectivity index (χ3v) is 4.75. The van der Waals surface area contributed by atoms with E-state index in [1.807, 2.05) is 0 Å². The predicted molar refractivity (Wildman–Crippen MR) is 88.8 cm³/mol. The molecule has 3 heteroatoms. The number of hydrogen-bond acceptors (Lipinski definition) is 3. The highest BCUT2D eigenvalue weighted by Gasteiger charge is 2.23. The highest BCUT2D eigenvalue weighted by Crippen LogP contribution is 2.24. The summed E-state index contributed by atoms with van der Waals surface area (Å²) in [5.41, 5.74) is 4.77. The van der Waals surface area contributed by atoms with E-state index in [9.17, 15) is 5.11 Å². The van der Waals surface area contributed by atoms with E-state index < -0.39 is 6.10 Å². The van der Waals surface area contributed by atoms with Gasteiger partial charge in [-0.2, -0.15) is 0 Å². The van der Waals surface area contributed by atoms with Gasteiger partial charge in [-0.3, -0.25) is 0 Å². The minimum Gasteiger partial charge on any atom is -0.387 e. The smallest absolute Gasteiger partial charge is 0.0921 e. The van der Waals surface area contributed by atoms with Gasteiger partial charge in [0.15, 0.2) is 0 Å². The van der Waals surface area contributed by atoms with Crippen molar-refractivity contribution in [1.82, 2.24) is 9.80 Å². The Kier molecular flexibility index (Phi) is 5.42. The average Bonchev–Trinajstić information content (AvgIpc) is 2.73. The van der Waals surface area contributed by atoms with Gasteiger partial charge in [0.25, 0.3) is 0 Å². The van der Waals surface area contributed by atoms with Crippen molar-refractivity contribution in [3.63, 3.8) is 0 Å². The van der Waals surface area contributed by atoms with Gasteiger partial charge in [0.1, 0.15) is 0 Å². The molecule has 0 spiro atoms. The fourth-order valence-electron chi connectivity index (χ4n) is 3.75. The summed E-state index contributed by atoms with van der Waals surface area (Å²) in [5.74, 6) is 0. The molecule has 2 atom stereocenters. The molecule has 1 fully saturated rings. The van der Waals surface area contributed by atoms with Crippen molar-refractivity contribution in [2.24, 2.45) is 0 Å². The molecule has 0 bridgehead atoms. The molecule has 0 aliphatic carbocycles. The first-order chi connectivity index (χ1) is 9.88. The molecule has 1 aromatic carbocycles. The van der Waals surface area contributed by atoms with Crippen LogP contribution in [0.5, 0.6) is 0 Å². The lowest BCUT2D eigenvalue weighted by Gasteiger charge is -2.28. The second-order valence-corrected chi connectivity index (χ2v) is 6.83. The Morgan fingerprint density at radius 3 is 2.43 bits per heavy atom. The van der Waals surface area contributed by atoms with Gasteiger partial charge in [-0.25, -0.2) is 0 Å². The number of nitrogens with zero attached hydrogens (tertiary/aromatic N) is 2. The number of hydrogen-bond donors (Lipinski definition) is 1. The number of rotatable bonds is 5. The molecule has 0 saturated carbocycles. The first-order valence-corrected chi connectivity index (χ1v) is 8.03. The molecule has 118 valence electrons. The average molecular weight is 290 g/mol. The van der Waals surface area contributed by atoms with Gasteiger partial charge in [0.2, 0.25) is 0 Å². The van der Waals surface area contributed by atoms with Gasteiger partial charge < -0.3 is 14.9 Å². The van der Waals surface area contributed by atoms with E-state index in [2.05, 4.69) is 56.8 Å². The number of likely N-dealkylation sites (N-methyl/N-ethyl adjacent to an activating group) is 2. The van der Waals surface area contributed by atoms with Crippen molar-refractivity contribution in [3.8, 4) is 0 Å². The summed E-state index contributed by atoms with van der Waals surface area (Å²) in [5, 5.41) is 10.6. The monoisotopic (exact) mass is 290 g/mol. The maximum atomic E-state index is 10.6. The molecule has 1 N–H and O–H groups in total. The number of likely N-dealkylation sites (tertiary alicyclic amines) is 1. The van der Waals surface area contributed by atoms with E-state index in [-0.39, 0.29) is 0 Å². The molecule has 0 amide bonds. The van der Waals surface area contributed by atoms with Crippen LogP contribution in [-0.4, -0.2) is 54.7 Å². The molecular formula is C18H30N2O. The van der Waals surface area contributed by atoms with E-state index in [1.165, 1.54) is 36.1 Å². The van der Waals surface area contributed by atoms with Crippen molar-refractivity contribution >= 4 is 0 Å². The minimum atomic E-state index is -0.401. The van der Waals surface area contributed by atoms with Gasteiger partial charge in [-0.15, -0.1) is 0 Å². The SMILES string of the molecule is Cc1cc(C)c(C(O)CN(C)CC2CCCN2C)c(C)c1. The molecule has 2 rings (SSSR count). The van der Waals surface area contributed by atoms with Crippen LogP contribution in [-0.2, 0) is 0 Å². The lowest BCUT2D eigenvalue weighted by atomic mass is 9.95. The van der Waals surface area contributed by atoms with Crippen LogP contribution in [0.15, 0.2) is 12.1 Å². The van der Waals surface area contributed by atoms with E-state index in [1.54, 1.807) is 0 Å². The normalized spacial score (nSPS) is 21.2. The molecule has 0 radical (unpaired) electrons. The first-order valence-electron chi connectivity index (χ1n) is 8.03. The third kappa shape index (κ3) is 4.06. The molecule has 3 nitrogen and oxygen atoms in total. The Hall–Kier alpha value is -0.900. The van der Waals surface area contributed by atoms with Crippen molar-refractivity contribution in [2.45, 2.75) is 45.8 Å². The molecule has 1 heterocycles. The van der Waals surface area contributed by atoms with Crippen LogP contribution >= 0.6 is 0 Å². The molecule has 1 saturated heterocycles. The largest absolute Gasteiger partial charge is 0.387 e. The van der Waals surface area contributed by atoms with Crippen LogP contribution in [0.25, 0.3) is 0 Å². The van der Waals surface area contributed by atoms with Gasteiger partial charge in [0.05, 0.1) is 6.10 Å². The Morgan fingerprint density at radius 1 is 1.29 bits per heavy atom. The second-order valence-electron chi connectivity index (χ2n) is 6.83. The summed E-state index contributed by atoms with van der Waals surface area (Å²) in [6.07, 6.45) is 2.18. The maximum Gasteiger partial charge on any atom is 0.0921 e. The molecule has 1 aliphatic heterocycles. The third-order valence-electron chi connectivity index (χ3n) is 4.75. The molecule has 21 heavy (non-hydrogen) atoms. The quantitative estimate of drug-likeness (QED) is 0.903. The summed E-state index contributed by atoms with van der Waals surface area (Å²) >= 11 is 0. The van der Waals surface area contributed by atoms with Gasteiger partial charge in [0, 0.05) is 19.1 Å². The fraction of sp³-hybridized carbons (Fsp3) is 0.667. The van der Waals surface area contributed by atoms with Crippen molar-refractivity contribution < 1.29 is 5.11 Å². The van der Waals surface area contributed by atoms with Gasteiger partial charge in [-0.05, 0) is 70.9 Å². The lowest BCUT2D eigenvalue weighted by molar-refractivity contribution is 0.112. The molecule has 0 aromatic heterocycles. The molecule has 2 unspecified atom stereocenters. The zero-order valence-electron chi connectivity index (χ0n) is 14.2. The van der Waals surface area contributed by atoms with Crippen LogP contribution in [0.1, 0.15) is 41.2 Å².